The van der Waals surface area contributed by atoms with Gasteiger partial charge in [0.15, 0.2) is 6.10 Å². The second kappa shape index (κ2) is 33.2. The summed E-state index contributed by atoms with van der Waals surface area (Å²) in [5.41, 5.74) is 15.3. The minimum atomic E-state index is -1.52. The lowest BCUT2D eigenvalue weighted by atomic mass is 9.77. The number of aliphatic hydroxyl groups is 2. The van der Waals surface area contributed by atoms with Gasteiger partial charge in [-0.15, -0.1) is 12.4 Å². The summed E-state index contributed by atoms with van der Waals surface area (Å²) in [5.74, 6) is -3.00. The first-order chi connectivity index (χ1) is 40.3. The van der Waals surface area contributed by atoms with E-state index in [1.165, 1.54) is 24.2 Å². The van der Waals surface area contributed by atoms with E-state index in [0.29, 0.717) is 37.8 Å². The van der Waals surface area contributed by atoms with Gasteiger partial charge in [-0.3, -0.25) is 28.8 Å². The number of halogens is 1. The van der Waals surface area contributed by atoms with Crippen molar-refractivity contribution in [2.24, 2.45) is 39.9 Å². The van der Waals surface area contributed by atoms with Gasteiger partial charge >= 0.3 is 18.0 Å². The molecule has 0 radical (unpaired) electrons. The molecule has 0 bridgehead atoms. The Morgan fingerprint density at radius 1 is 0.534 bits per heavy atom. The van der Waals surface area contributed by atoms with Gasteiger partial charge in [-0.05, 0) is 114 Å². The molecular weight excluding hydrogens is 1140 g/mol. The van der Waals surface area contributed by atoms with Crippen LogP contribution in [0.15, 0.2) is 60.7 Å². The van der Waals surface area contributed by atoms with Gasteiger partial charge in [-0.25, -0.2) is 9.59 Å². The number of hydrogen-bond acceptors (Lipinski definition) is 11. The number of urea groups is 2. The van der Waals surface area contributed by atoms with E-state index in [4.69, 9.17) is 22.3 Å². The Kier molecular flexibility index (Phi) is 28.7. The van der Waals surface area contributed by atoms with Crippen LogP contribution >= 0.6 is 12.4 Å². The van der Waals surface area contributed by atoms with Crippen LogP contribution < -0.4 is 43.8 Å². The van der Waals surface area contributed by atoms with Gasteiger partial charge in [-0.1, -0.05) is 166 Å². The Morgan fingerprint density at radius 2 is 0.886 bits per heavy atom. The van der Waals surface area contributed by atoms with Crippen LogP contribution in [-0.4, -0.2) is 146 Å². The van der Waals surface area contributed by atoms with Crippen LogP contribution in [0.3, 0.4) is 0 Å². The number of rotatable bonds is 23. The molecule has 496 valence electrons. The van der Waals surface area contributed by atoms with E-state index in [1.807, 2.05) is 119 Å². The molecular formula is C66H109ClN10O11. The van der Waals surface area contributed by atoms with Crippen molar-refractivity contribution in [3.8, 4) is 0 Å². The van der Waals surface area contributed by atoms with Gasteiger partial charge in [0.2, 0.25) is 29.5 Å². The molecule has 6 rings (SSSR count). The highest BCUT2D eigenvalue weighted by atomic mass is 35.5. The van der Waals surface area contributed by atoms with E-state index in [1.54, 1.807) is 4.90 Å². The Hall–Kier alpha value is -6.03. The molecule has 0 heterocycles. The van der Waals surface area contributed by atoms with Crippen LogP contribution in [0.25, 0.3) is 0 Å². The fourth-order valence-electron chi connectivity index (χ4n) is 12.2. The lowest BCUT2D eigenvalue weighted by Crippen LogP contribution is -2.61. The van der Waals surface area contributed by atoms with E-state index in [2.05, 4.69) is 50.8 Å². The first-order valence-corrected chi connectivity index (χ1v) is 31.4. The van der Waals surface area contributed by atoms with Crippen molar-refractivity contribution < 1.29 is 53.7 Å². The molecule has 0 aliphatic heterocycles. The minimum Gasteiger partial charge on any atom is -0.480 e. The van der Waals surface area contributed by atoms with Gasteiger partial charge in [-0.2, -0.15) is 0 Å². The van der Waals surface area contributed by atoms with Crippen molar-refractivity contribution in [2.45, 2.75) is 244 Å². The third kappa shape index (κ3) is 24.1. The van der Waals surface area contributed by atoms with Crippen LogP contribution in [0, 0.1) is 22.7 Å². The van der Waals surface area contributed by atoms with Crippen LogP contribution in [0.5, 0.6) is 0 Å². The van der Waals surface area contributed by atoms with E-state index in [0.717, 1.165) is 81.8 Å². The fourth-order valence-corrected chi connectivity index (χ4v) is 12.2. The van der Waals surface area contributed by atoms with Crippen molar-refractivity contribution in [1.82, 2.24) is 36.4 Å². The average Bonchev–Trinajstić information content (AvgIpc) is 4.30. The third-order valence-electron chi connectivity index (χ3n) is 17.3. The first-order valence-electron chi connectivity index (χ1n) is 31.4. The van der Waals surface area contributed by atoms with Gasteiger partial charge < -0.3 is 68.9 Å². The number of aliphatic carboxylic acids is 1. The van der Waals surface area contributed by atoms with Crippen LogP contribution in [0.1, 0.15) is 197 Å². The molecule has 4 aliphatic carbocycles. The largest absolute Gasteiger partial charge is 0.480 e. The van der Waals surface area contributed by atoms with Crippen LogP contribution in [0.4, 0.5) is 9.59 Å². The standard InChI is InChI=1S/C33H53N5O5.C25H39N3O4.C8H16N2O2.ClH/c1-31(2,3)27(36-30(43)37-32(4,5)6)29(42)38(21-33(17-10-11-18-33)23-15-8-7-9-16-23)20-25(39)35-24(26(40)28(34)41)19-22-13-12-14-22;1-23(2,3)20(26-22(32)27-24(4,5)6)21(31)28(16-19(29)30)17-25(14-10-11-15-25)18-12-8-7-9-13-18;9-6(7(11)8(10)12)4-5-2-1-3-5;/h7-9,15-16,22,24,26-27,40H,10-14,17-21H2,1-6H3,(H2,34,41)(H,35,39)(H2,36,37,43);7-9,12-13,20H,10-11,14-17H2,1-6H3,(H,29,30)(H2,26,27,32);5-7,11H,1-4,9H2,(H2,10,12);1H/t24?,26?,27-;20-;;/m11../s1. The molecule has 9 amide bonds. The summed E-state index contributed by atoms with van der Waals surface area (Å²) in [4.78, 5) is 104. The highest BCUT2D eigenvalue weighted by Gasteiger charge is 2.45. The molecule has 4 fully saturated rings. The second-order valence-corrected chi connectivity index (χ2v) is 29.4. The van der Waals surface area contributed by atoms with Gasteiger partial charge in [0.25, 0.3) is 0 Å². The van der Waals surface area contributed by atoms with Crippen molar-refractivity contribution in [2.75, 3.05) is 26.2 Å². The lowest BCUT2D eigenvalue weighted by Gasteiger charge is -2.40. The summed E-state index contributed by atoms with van der Waals surface area (Å²) in [5, 5.41) is 43.5. The topological polar surface area (TPSA) is 342 Å². The van der Waals surface area contributed by atoms with E-state index < -0.39 is 101 Å². The first kappa shape index (κ1) is 76.2. The molecule has 14 N–H and O–H groups in total. The molecule has 4 unspecified atom stereocenters. The zero-order valence-corrected chi connectivity index (χ0v) is 55.5. The number of carbonyl (C=O) groups excluding carboxylic acids is 7. The highest BCUT2D eigenvalue weighted by Crippen LogP contribution is 2.44. The molecule has 4 aliphatic rings. The number of carboxylic acid groups (broad SMARTS) is 1. The maximum atomic E-state index is 14.4. The van der Waals surface area contributed by atoms with Crippen molar-refractivity contribution in [1.29, 1.82) is 0 Å². The summed E-state index contributed by atoms with van der Waals surface area (Å²) in [6.45, 7) is 22.4. The monoisotopic (exact) mass is 1250 g/mol. The van der Waals surface area contributed by atoms with Crippen LogP contribution in [-0.2, 0) is 39.6 Å². The Labute approximate surface area is 529 Å². The Morgan fingerprint density at radius 3 is 1.19 bits per heavy atom. The van der Waals surface area contributed by atoms with Crippen molar-refractivity contribution >= 4 is 60.0 Å². The SMILES string of the molecule is CC(C)(C)NC(=O)N[C@H](C(=O)N(CC(=O)NC(CC1CCC1)C(O)C(N)=O)CC1(c2ccccc2)CCCC1)C(C)(C)C.CC(C)(C)NC(=O)N[C@H](C(=O)N(CC(=O)O)CC1(c2ccccc2)CCCC1)C(C)(C)C.Cl.NC(=O)C(O)C(N)CC1CCC1. The molecule has 6 atom stereocenters. The number of nitrogens with two attached hydrogens (primary N) is 3. The number of primary amides is 2. The fraction of sp³-hybridized carbons (Fsp3) is 0.697. The molecule has 21 nitrogen and oxygen atoms in total. The third-order valence-corrected chi connectivity index (χ3v) is 17.3. The normalized spacial score (nSPS) is 18.5. The Bertz CT molecular complexity index is 2580. The number of amides is 9. The summed E-state index contributed by atoms with van der Waals surface area (Å²) < 4.78 is 0. The number of nitrogens with zero attached hydrogens (tertiary/aromatic N) is 2. The average molecular weight is 1250 g/mol. The molecule has 0 saturated heterocycles. The van der Waals surface area contributed by atoms with Crippen molar-refractivity contribution in [3.05, 3.63) is 71.8 Å². The number of carbonyl (C=O) groups is 8. The summed E-state index contributed by atoms with van der Waals surface area (Å²) in [6, 6.07) is 16.1. The van der Waals surface area contributed by atoms with E-state index in [-0.39, 0.29) is 41.6 Å². The van der Waals surface area contributed by atoms with Crippen LogP contribution in [0.2, 0.25) is 0 Å². The quantitative estimate of drug-likeness (QED) is 0.0533. The molecule has 2 aromatic rings. The smallest absolute Gasteiger partial charge is 0.323 e. The molecule has 0 spiro atoms. The highest BCUT2D eigenvalue weighted by molar-refractivity contribution is 5.92. The number of benzene rings is 2. The number of nitrogens with one attached hydrogen (secondary N) is 5. The molecule has 88 heavy (non-hydrogen) atoms. The number of carboxylic acids is 1. The summed E-state index contributed by atoms with van der Waals surface area (Å²) in [6.07, 6.45) is 12.7. The lowest BCUT2D eigenvalue weighted by molar-refractivity contribution is -0.147. The Balaban J connectivity index is 0.000000393. The predicted octanol–water partition coefficient (Wildman–Crippen LogP) is 7.06. The predicted molar refractivity (Wildman–Crippen MR) is 345 cm³/mol. The number of aliphatic hydroxyl groups excluding tert-OH is 2. The van der Waals surface area contributed by atoms with Gasteiger partial charge in [0.1, 0.15) is 24.7 Å². The van der Waals surface area contributed by atoms with Gasteiger partial charge in [0.05, 0.1) is 12.6 Å². The minimum absolute atomic E-state index is 0. The van der Waals surface area contributed by atoms with E-state index >= 15 is 0 Å². The molecule has 22 heteroatoms. The molecule has 4 saturated carbocycles. The van der Waals surface area contributed by atoms with Gasteiger partial charge in [0, 0.05) is 41.0 Å². The van der Waals surface area contributed by atoms with E-state index in [9.17, 15) is 48.6 Å². The summed E-state index contributed by atoms with van der Waals surface area (Å²) >= 11 is 0. The maximum Gasteiger partial charge on any atom is 0.323 e. The second-order valence-electron chi connectivity index (χ2n) is 29.4. The zero-order valence-electron chi connectivity index (χ0n) is 54.7. The molecule has 2 aromatic carbocycles. The van der Waals surface area contributed by atoms with Crippen molar-refractivity contribution in [3.63, 3.8) is 0 Å². The number of hydrogen-bond donors (Lipinski definition) is 11. The summed E-state index contributed by atoms with van der Waals surface area (Å²) in [7, 11) is 0. The zero-order chi connectivity index (χ0) is 65.3. The molecule has 0 aromatic heterocycles. The maximum absolute atomic E-state index is 14.4.